The Hall–Kier alpha value is -2.13. The third kappa shape index (κ3) is 2.41. The molecule has 5 nitrogen and oxygen atoms in total. The largest absolute Gasteiger partial charge is 0.396 e. The summed E-state index contributed by atoms with van der Waals surface area (Å²) >= 11 is 0. The predicted octanol–water partition coefficient (Wildman–Crippen LogP) is 0.772. The number of nitrogens with zero attached hydrogens (tertiary/aromatic N) is 2. The highest BCUT2D eigenvalue weighted by molar-refractivity contribution is 5.94. The number of hydrogen-bond acceptors (Lipinski definition) is 4. The zero-order valence-electron chi connectivity index (χ0n) is 9.60. The second-order valence-corrected chi connectivity index (χ2v) is 3.98. The fourth-order valence-corrected chi connectivity index (χ4v) is 1.75. The van der Waals surface area contributed by atoms with Gasteiger partial charge >= 0.3 is 0 Å². The Labute approximate surface area is 104 Å². The summed E-state index contributed by atoms with van der Waals surface area (Å²) in [6.07, 6.45) is -0.624. The van der Waals surface area contributed by atoms with Crippen LogP contribution in [0.25, 0.3) is 0 Å². The van der Waals surface area contributed by atoms with E-state index in [1.807, 2.05) is 6.07 Å². The smallest absolute Gasteiger partial charge is 0.254 e. The first-order valence-corrected chi connectivity index (χ1v) is 5.47. The molecule has 18 heavy (non-hydrogen) atoms. The lowest BCUT2D eigenvalue weighted by molar-refractivity contribution is 0.00345. The second-order valence-electron chi connectivity index (χ2n) is 3.98. The molecule has 0 radical (unpaired) electrons. The summed E-state index contributed by atoms with van der Waals surface area (Å²) in [6.45, 7) is 0.895. The lowest BCUT2D eigenvalue weighted by Gasteiger charge is -2.29. The molecule has 1 aromatic carbocycles. The molecule has 6 heteroatoms. The van der Waals surface area contributed by atoms with Crippen LogP contribution in [-0.4, -0.2) is 36.6 Å². The minimum atomic E-state index is -0.624. The maximum Gasteiger partial charge on any atom is 0.254 e. The number of nitrogen functional groups attached to an aromatic ring is 1. The van der Waals surface area contributed by atoms with E-state index in [0.29, 0.717) is 13.2 Å². The van der Waals surface area contributed by atoms with Crippen LogP contribution in [0.1, 0.15) is 10.4 Å². The molecule has 1 atom stereocenters. The number of carbonyl (C=O) groups is 1. The first kappa shape index (κ1) is 12.3. The van der Waals surface area contributed by atoms with E-state index >= 15 is 0 Å². The van der Waals surface area contributed by atoms with E-state index < -0.39 is 11.9 Å². The highest BCUT2D eigenvalue weighted by atomic mass is 19.1. The Bertz CT molecular complexity index is 513. The van der Waals surface area contributed by atoms with Gasteiger partial charge in [-0.25, -0.2) is 4.39 Å². The van der Waals surface area contributed by atoms with Crippen LogP contribution in [0.3, 0.4) is 0 Å². The van der Waals surface area contributed by atoms with E-state index in [1.165, 1.54) is 17.0 Å². The van der Waals surface area contributed by atoms with E-state index in [1.54, 1.807) is 0 Å². The number of hydrogen-bond donors (Lipinski definition) is 1. The third-order valence-corrected chi connectivity index (χ3v) is 2.75. The highest BCUT2D eigenvalue weighted by Crippen LogP contribution is 2.15. The van der Waals surface area contributed by atoms with Crippen molar-refractivity contribution in [1.29, 1.82) is 5.26 Å². The molecule has 0 saturated carbocycles. The molecule has 0 spiro atoms. The Morgan fingerprint density at radius 3 is 3.06 bits per heavy atom. The zero-order valence-corrected chi connectivity index (χ0v) is 9.60. The molecular formula is C12H12FN3O2. The van der Waals surface area contributed by atoms with Gasteiger partial charge < -0.3 is 15.4 Å². The quantitative estimate of drug-likeness (QED) is 0.746. The van der Waals surface area contributed by atoms with Gasteiger partial charge in [0.1, 0.15) is 5.82 Å². The van der Waals surface area contributed by atoms with Gasteiger partial charge in [0.25, 0.3) is 5.91 Å². The molecule has 0 aromatic heterocycles. The number of anilines is 1. The molecular weight excluding hydrogens is 237 g/mol. The van der Waals surface area contributed by atoms with Gasteiger partial charge in [0, 0.05) is 12.1 Å². The fourth-order valence-electron chi connectivity index (χ4n) is 1.75. The minimum absolute atomic E-state index is 0.00317. The van der Waals surface area contributed by atoms with Gasteiger partial charge in [-0.1, -0.05) is 0 Å². The van der Waals surface area contributed by atoms with Gasteiger partial charge in [0.15, 0.2) is 6.10 Å². The molecule has 1 amide bonds. The number of halogens is 1. The Balaban J connectivity index is 2.15. The van der Waals surface area contributed by atoms with Gasteiger partial charge in [0.2, 0.25) is 0 Å². The van der Waals surface area contributed by atoms with Crippen molar-refractivity contribution in [3.05, 3.63) is 29.6 Å². The Morgan fingerprint density at radius 1 is 1.61 bits per heavy atom. The maximum absolute atomic E-state index is 13.3. The van der Waals surface area contributed by atoms with Crippen LogP contribution in [0.5, 0.6) is 0 Å². The summed E-state index contributed by atoms with van der Waals surface area (Å²) < 4.78 is 18.4. The second kappa shape index (κ2) is 5.02. The molecule has 1 fully saturated rings. The average molecular weight is 249 g/mol. The summed E-state index contributed by atoms with van der Waals surface area (Å²) in [7, 11) is 0. The van der Waals surface area contributed by atoms with Crippen LogP contribution in [0.4, 0.5) is 10.1 Å². The van der Waals surface area contributed by atoms with Crippen LogP contribution in [-0.2, 0) is 4.74 Å². The summed E-state index contributed by atoms with van der Waals surface area (Å²) in [5, 5.41) is 8.75. The summed E-state index contributed by atoms with van der Waals surface area (Å²) in [5.74, 6) is -0.941. The van der Waals surface area contributed by atoms with E-state index in [9.17, 15) is 9.18 Å². The topological polar surface area (TPSA) is 79.4 Å². The number of carbonyl (C=O) groups excluding carboxylic acids is 1. The number of rotatable bonds is 1. The molecule has 1 aliphatic rings. The molecule has 0 bridgehead atoms. The van der Waals surface area contributed by atoms with Crippen LogP contribution >= 0.6 is 0 Å². The van der Waals surface area contributed by atoms with Crippen molar-refractivity contribution in [3.63, 3.8) is 0 Å². The molecule has 1 heterocycles. The molecule has 0 aliphatic carbocycles. The van der Waals surface area contributed by atoms with E-state index in [0.717, 1.165) is 6.07 Å². The van der Waals surface area contributed by atoms with Crippen LogP contribution < -0.4 is 5.73 Å². The third-order valence-electron chi connectivity index (χ3n) is 2.75. The number of benzene rings is 1. The van der Waals surface area contributed by atoms with Gasteiger partial charge in [-0.2, -0.15) is 5.26 Å². The molecule has 94 valence electrons. The molecule has 2 rings (SSSR count). The number of amides is 1. The molecule has 1 aliphatic heterocycles. The Kier molecular flexibility index (Phi) is 3.44. The van der Waals surface area contributed by atoms with Crippen LogP contribution in [0, 0.1) is 17.1 Å². The van der Waals surface area contributed by atoms with Gasteiger partial charge in [-0.3, -0.25) is 4.79 Å². The zero-order chi connectivity index (χ0) is 13.1. The average Bonchev–Trinajstić information content (AvgIpc) is 2.41. The molecule has 1 aromatic rings. The number of ether oxygens (including phenoxy) is 1. The van der Waals surface area contributed by atoms with Crippen molar-refractivity contribution < 1.29 is 13.9 Å². The predicted molar refractivity (Wildman–Crippen MR) is 62.1 cm³/mol. The van der Waals surface area contributed by atoms with E-state index in [2.05, 4.69) is 0 Å². The van der Waals surface area contributed by atoms with Gasteiger partial charge in [-0.15, -0.1) is 0 Å². The lowest BCUT2D eigenvalue weighted by Crippen LogP contribution is -2.45. The van der Waals surface area contributed by atoms with Crippen LogP contribution in [0.15, 0.2) is 18.2 Å². The van der Waals surface area contributed by atoms with Gasteiger partial charge in [0.05, 0.1) is 24.9 Å². The van der Waals surface area contributed by atoms with E-state index in [-0.39, 0.29) is 23.7 Å². The van der Waals surface area contributed by atoms with Crippen LogP contribution in [0.2, 0.25) is 0 Å². The van der Waals surface area contributed by atoms with Crippen molar-refractivity contribution >= 4 is 11.6 Å². The Morgan fingerprint density at radius 2 is 2.39 bits per heavy atom. The standard InChI is InChI=1S/C12H12FN3O2/c13-10-5-8(1-2-11(10)15)12(17)16-3-4-18-9(6-14)7-16/h1-2,5,9H,3-4,7,15H2. The van der Waals surface area contributed by atoms with Crippen molar-refractivity contribution in [2.75, 3.05) is 25.4 Å². The SMILES string of the molecule is N#CC1CN(C(=O)c2ccc(N)c(F)c2)CCO1. The summed E-state index contributed by atoms with van der Waals surface area (Å²) in [4.78, 5) is 13.6. The van der Waals surface area contributed by atoms with E-state index in [4.69, 9.17) is 15.7 Å². The van der Waals surface area contributed by atoms with Crippen molar-refractivity contribution in [3.8, 4) is 6.07 Å². The summed E-state index contributed by atoms with van der Waals surface area (Å²) in [5.41, 5.74) is 5.57. The normalized spacial score (nSPS) is 19.3. The molecule has 2 N–H and O–H groups in total. The molecule has 1 saturated heterocycles. The summed E-state index contributed by atoms with van der Waals surface area (Å²) in [6, 6.07) is 5.88. The fraction of sp³-hybridized carbons (Fsp3) is 0.333. The van der Waals surface area contributed by atoms with Gasteiger partial charge in [-0.05, 0) is 18.2 Å². The molecule has 1 unspecified atom stereocenters. The minimum Gasteiger partial charge on any atom is -0.396 e. The first-order valence-electron chi connectivity index (χ1n) is 5.47. The van der Waals surface area contributed by atoms with Crippen molar-refractivity contribution in [2.24, 2.45) is 0 Å². The number of nitriles is 1. The monoisotopic (exact) mass is 249 g/mol. The van der Waals surface area contributed by atoms with Crippen molar-refractivity contribution in [1.82, 2.24) is 4.90 Å². The maximum atomic E-state index is 13.3. The number of morpholine rings is 1. The highest BCUT2D eigenvalue weighted by Gasteiger charge is 2.25. The number of nitrogens with two attached hydrogens (primary N) is 1. The lowest BCUT2D eigenvalue weighted by atomic mass is 10.1. The van der Waals surface area contributed by atoms with Crippen molar-refractivity contribution in [2.45, 2.75) is 6.10 Å². The first-order chi connectivity index (χ1) is 8.61.